The Morgan fingerprint density at radius 2 is 2.15 bits per heavy atom. The Labute approximate surface area is 118 Å². The van der Waals surface area contributed by atoms with Crippen LogP contribution in [-0.2, 0) is 0 Å². The second-order valence-corrected chi connectivity index (χ2v) is 4.74. The summed E-state index contributed by atoms with van der Waals surface area (Å²) < 4.78 is 1.52. The third-order valence-corrected chi connectivity index (χ3v) is 3.08. The zero-order valence-electron chi connectivity index (χ0n) is 12.3. The molecule has 0 spiro atoms. The molecule has 108 valence electrons. The summed E-state index contributed by atoms with van der Waals surface area (Å²) in [5.74, 6) is 2.16. The molecule has 0 aliphatic heterocycles. The van der Waals surface area contributed by atoms with Crippen molar-refractivity contribution in [1.82, 2.24) is 29.7 Å². The van der Waals surface area contributed by atoms with E-state index in [0.29, 0.717) is 23.8 Å². The lowest BCUT2D eigenvalue weighted by Gasteiger charge is -2.21. The lowest BCUT2D eigenvalue weighted by atomic mass is 10.1. The average molecular weight is 276 g/mol. The molecule has 2 heterocycles. The van der Waals surface area contributed by atoms with Gasteiger partial charge in [-0.2, -0.15) is 24.7 Å². The Bertz CT molecular complexity index is 538. The Morgan fingerprint density at radius 1 is 1.35 bits per heavy atom. The van der Waals surface area contributed by atoms with E-state index in [9.17, 15) is 0 Å². The van der Waals surface area contributed by atoms with Crippen molar-refractivity contribution >= 4 is 11.9 Å². The topological polar surface area (TPSA) is 84.7 Å². The number of aromatic nitrogens is 6. The van der Waals surface area contributed by atoms with Gasteiger partial charge in [0.25, 0.3) is 5.95 Å². The predicted octanol–water partition coefficient (Wildman–Crippen LogP) is 0.976. The van der Waals surface area contributed by atoms with Crippen molar-refractivity contribution in [2.75, 3.05) is 30.9 Å². The van der Waals surface area contributed by atoms with Gasteiger partial charge in [-0.25, -0.2) is 4.98 Å². The van der Waals surface area contributed by atoms with Gasteiger partial charge in [0.05, 0.1) is 0 Å². The van der Waals surface area contributed by atoms with Crippen LogP contribution < -0.4 is 10.2 Å². The fraction of sp³-hybridized carbons (Fsp3) is 0.583. The largest absolute Gasteiger partial charge is 0.357 e. The molecule has 0 amide bonds. The van der Waals surface area contributed by atoms with Gasteiger partial charge in [0.1, 0.15) is 12.7 Å². The normalized spacial score (nSPS) is 12.2. The van der Waals surface area contributed by atoms with Crippen molar-refractivity contribution in [1.29, 1.82) is 0 Å². The molecule has 1 N–H and O–H groups in total. The highest BCUT2D eigenvalue weighted by atomic mass is 15.4. The minimum atomic E-state index is 0.452. The molecule has 8 heteroatoms. The quantitative estimate of drug-likeness (QED) is 0.841. The lowest BCUT2D eigenvalue weighted by Crippen LogP contribution is -2.26. The average Bonchev–Trinajstić information content (AvgIpc) is 3.00. The second-order valence-electron chi connectivity index (χ2n) is 4.74. The maximum Gasteiger partial charge on any atom is 0.258 e. The molecular weight excluding hydrogens is 256 g/mol. The van der Waals surface area contributed by atoms with Gasteiger partial charge < -0.3 is 10.2 Å². The van der Waals surface area contributed by atoms with Gasteiger partial charge in [0.2, 0.25) is 11.9 Å². The first kappa shape index (κ1) is 14.2. The molecule has 2 rings (SSSR count). The summed E-state index contributed by atoms with van der Waals surface area (Å²) in [6, 6.07) is 0. The van der Waals surface area contributed by atoms with Gasteiger partial charge in [-0.1, -0.05) is 20.3 Å². The summed E-state index contributed by atoms with van der Waals surface area (Å²) in [4.78, 5) is 19.0. The van der Waals surface area contributed by atoms with Crippen LogP contribution in [0, 0.1) is 5.92 Å². The standard InChI is InChI=1S/C12H20N8/c1-5-9(2)6-19(4)11-16-10(13-3)17-12(18-11)20-8-14-7-15-20/h7-9H,5-6H2,1-4H3,(H,13,16,17,18). The van der Waals surface area contributed by atoms with Crippen LogP contribution >= 0.6 is 0 Å². The van der Waals surface area contributed by atoms with Crippen molar-refractivity contribution in [2.24, 2.45) is 5.92 Å². The van der Waals surface area contributed by atoms with E-state index in [4.69, 9.17) is 0 Å². The van der Waals surface area contributed by atoms with Crippen LogP contribution in [0.2, 0.25) is 0 Å². The molecule has 0 aromatic carbocycles. The van der Waals surface area contributed by atoms with E-state index in [1.165, 1.54) is 11.0 Å². The smallest absolute Gasteiger partial charge is 0.258 e. The van der Waals surface area contributed by atoms with Crippen molar-refractivity contribution in [3.8, 4) is 5.95 Å². The summed E-state index contributed by atoms with van der Waals surface area (Å²) in [6.45, 7) is 5.27. The zero-order valence-corrected chi connectivity index (χ0v) is 12.3. The van der Waals surface area contributed by atoms with E-state index in [1.54, 1.807) is 13.4 Å². The number of hydrogen-bond donors (Lipinski definition) is 1. The van der Waals surface area contributed by atoms with Crippen molar-refractivity contribution in [2.45, 2.75) is 20.3 Å². The van der Waals surface area contributed by atoms with Gasteiger partial charge in [-0.15, -0.1) is 0 Å². The van der Waals surface area contributed by atoms with Crippen molar-refractivity contribution in [3.63, 3.8) is 0 Å². The molecule has 1 unspecified atom stereocenters. The van der Waals surface area contributed by atoms with Gasteiger partial charge in [-0.05, 0) is 5.92 Å². The second kappa shape index (κ2) is 6.27. The number of nitrogens with zero attached hydrogens (tertiary/aromatic N) is 7. The first-order chi connectivity index (χ1) is 9.63. The number of hydrogen-bond acceptors (Lipinski definition) is 7. The van der Waals surface area contributed by atoms with Gasteiger partial charge >= 0.3 is 0 Å². The molecule has 0 saturated heterocycles. The van der Waals surface area contributed by atoms with Crippen LogP contribution in [0.25, 0.3) is 5.95 Å². The highest BCUT2D eigenvalue weighted by Gasteiger charge is 2.13. The maximum atomic E-state index is 4.44. The minimum absolute atomic E-state index is 0.452. The van der Waals surface area contributed by atoms with E-state index in [1.807, 2.05) is 11.9 Å². The first-order valence-corrected chi connectivity index (χ1v) is 6.64. The van der Waals surface area contributed by atoms with Crippen molar-refractivity contribution in [3.05, 3.63) is 12.7 Å². The summed E-state index contributed by atoms with van der Waals surface area (Å²) >= 11 is 0. The van der Waals surface area contributed by atoms with Gasteiger partial charge in [-0.3, -0.25) is 0 Å². The fourth-order valence-electron chi connectivity index (χ4n) is 1.73. The molecule has 0 bridgehead atoms. The van der Waals surface area contributed by atoms with Crippen LogP contribution in [0.1, 0.15) is 20.3 Å². The summed E-state index contributed by atoms with van der Waals surface area (Å²) in [5.41, 5.74) is 0. The van der Waals surface area contributed by atoms with Crippen LogP contribution in [0.4, 0.5) is 11.9 Å². The number of rotatable bonds is 6. The fourth-order valence-corrected chi connectivity index (χ4v) is 1.73. The summed E-state index contributed by atoms with van der Waals surface area (Å²) in [7, 11) is 3.75. The maximum absolute atomic E-state index is 4.44. The Morgan fingerprint density at radius 3 is 2.75 bits per heavy atom. The highest BCUT2D eigenvalue weighted by molar-refractivity contribution is 5.38. The molecule has 8 nitrogen and oxygen atoms in total. The molecule has 20 heavy (non-hydrogen) atoms. The Balaban J connectivity index is 2.31. The van der Waals surface area contributed by atoms with Crippen LogP contribution in [0.3, 0.4) is 0 Å². The Kier molecular flexibility index (Phi) is 4.44. The molecule has 0 radical (unpaired) electrons. The zero-order chi connectivity index (χ0) is 14.5. The predicted molar refractivity (Wildman–Crippen MR) is 77.0 cm³/mol. The van der Waals surface area contributed by atoms with E-state index < -0.39 is 0 Å². The molecular formula is C12H20N8. The van der Waals surface area contributed by atoms with E-state index in [0.717, 1.165) is 13.0 Å². The van der Waals surface area contributed by atoms with E-state index in [2.05, 4.69) is 44.2 Å². The lowest BCUT2D eigenvalue weighted by molar-refractivity contribution is 0.554. The number of anilines is 2. The van der Waals surface area contributed by atoms with Crippen LogP contribution in [0.15, 0.2) is 12.7 Å². The van der Waals surface area contributed by atoms with E-state index in [-0.39, 0.29) is 0 Å². The summed E-state index contributed by atoms with van der Waals surface area (Å²) in [5, 5.41) is 6.99. The highest BCUT2D eigenvalue weighted by Crippen LogP contribution is 2.13. The third kappa shape index (κ3) is 3.19. The summed E-state index contributed by atoms with van der Waals surface area (Å²) in [6.07, 6.45) is 4.13. The molecule has 0 fully saturated rings. The van der Waals surface area contributed by atoms with Crippen molar-refractivity contribution < 1.29 is 0 Å². The van der Waals surface area contributed by atoms with E-state index >= 15 is 0 Å². The van der Waals surface area contributed by atoms with Crippen LogP contribution in [0.5, 0.6) is 0 Å². The van der Waals surface area contributed by atoms with Gasteiger partial charge in [0.15, 0.2) is 0 Å². The minimum Gasteiger partial charge on any atom is -0.357 e. The molecule has 2 aromatic heterocycles. The molecule has 1 atom stereocenters. The molecule has 2 aromatic rings. The molecule has 0 aliphatic rings. The Hall–Kier alpha value is -2.25. The third-order valence-electron chi connectivity index (χ3n) is 3.08. The molecule has 0 aliphatic carbocycles. The SMILES string of the molecule is CCC(C)CN(C)c1nc(NC)nc(-n2cncn2)n1. The van der Waals surface area contributed by atoms with Crippen LogP contribution in [-0.4, -0.2) is 50.4 Å². The first-order valence-electron chi connectivity index (χ1n) is 6.64. The molecule has 0 saturated carbocycles. The van der Waals surface area contributed by atoms with Gasteiger partial charge in [0, 0.05) is 20.6 Å². The number of nitrogens with one attached hydrogen (secondary N) is 1. The monoisotopic (exact) mass is 276 g/mol.